The zero-order valence-corrected chi connectivity index (χ0v) is 12.1. The quantitative estimate of drug-likeness (QED) is 0.836. The summed E-state index contributed by atoms with van der Waals surface area (Å²) >= 11 is 0. The molecule has 0 amide bonds. The Kier molecular flexibility index (Phi) is 3.91. The molecular formula is C18H19F2N. The maximum absolute atomic E-state index is 13.3. The highest BCUT2D eigenvalue weighted by molar-refractivity contribution is 5.56. The van der Waals surface area contributed by atoms with Crippen molar-refractivity contribution in [1.29, 1.82) is 0 Å². The SMILES string of the molecule is CC(Nc1cccc2c1CCCC2)c1cc(F)cc(F)c1. The van der Waals surface area contributed by atoms with Gasteiger partial charge < -0.3 is 5.32 Å². The molecule has 1 nitrogen and oxygen atoms in total. The van der Waals surface area contributed by atoms with Crippen LogP contribution in [0.3, 0.4) is 0 Å². The van der Waals surface area contributed by atoms with Gasteiger partial charge in [-0.2, -0.15) is 0 Å². The third kappa shape index (κ3) is 3.07. The lowest BCUT2D eigenvalue weighted by molar-refractivity contribution is 0.577. The molecule has 0 radical (unpaired) electrons. The summed E-state index contributed by atoms with van der Waals surface area (Å²) < 4.78 is 26.7. The van der Waals surface area contributed by atoms with E-state index in [1.54, 1.807) is 0 Å². The fraction of sp³-hybridized carbons (Fsp3) is 0.333. The van der Waals surface area contributed by atoms with Crippen LogP contribution < -0.4 is 5.32 Å². The average Bonchev–Trinajstić information content (AvgIpc) is 2.46. The third-order valence-electron chi connectivity index (χ3n) is 4.15. The molecule has 0 bridgehead atoms. The zero-order valence-electron chi connectivity index (χ0n) is 12.1. The molecule has 3 heteroatoms. The lowest BCUT2D eigenvalue weighted by atomic mass is 9.90. The zero-order chi connectivity index (χ0) is 14.8. The summed E-state index contributed by atoms with van der Waals surface area (Å²) in [6.07, 6.45) is 4.63. The predicted octanol–water partition coefficient (Wildman–Crippen LogP) is 5.02. The molecule has 21 heavy (non-hydrogen) atoms. The van der Waals surface area contributed by atoms with E-state index in [9.17, 15) is 8.78 Å². The lowest BCUT2D eigenvalue weighted by Crippen LogP contribution is -2.12. The molecule has 1 aliphatic rings. The van der Waals surface area contributed by atoms with Gasteiger partial charge in [0.1, 0.15) is 11.6 Å². The van der Waals surface area contributed by atoms with E-state index in [1.165, 1.54) is 36.1 Å². The van der Waals surface area contributed by atoms with Crippen molar-refractivity contribution in [2.45, 2.75) is 38.6 Å². The average molecular weight is 287 g/mol. The van der Waals surface area contributed by atoms with E-state index in [2.05, 4.69) is 17.4 Å². The fourth-order valence-electron chi connectivity index (χ4n) is 3.06. The standard InChI is InChI=1S/C18H19F2N/c1-12(14-9-15(19)11-16(20)10-14)21-18-8-4-6-13-5-2-3-7-17(13)18/h4,6,8-12,21H,2-3,5,7H2,1H3. The number of halogens is 2. The van der Waals surface area contributed by atoms with E-state index in [4.69, 9.17) is 0 Å². The molecule has 0 heterocycles. The molecule has 2 aromatic carbocycles. The van der Waals surface area contributed by atoms with Gasteiger partial charge in [0.15, 0.2) is 0 Å². The Morgan fingerprint density at radius 3 is 2.48 bits per heavy atom. The molecule has 1 aliphatic carbocycles. The first-order chi connectivity index (χ1) is 10.1. The van der Waals surface area contributed by atoms with Crippen molar-refractivity contribution in [3.8, 4) is 0 Å². The molecule has 0 fully saturated rings. The van der Waals surface area contributed by atoms with Gasteiger partial charge in [-0.3, -0.25) is 0 Å². The Balaban J connectivity index is 1.86. The third-order valence-corrected chi connectivity index (χ3v) is 4.15. The number of hydrogen-bond donors (Lipinski definition) is 1. The van der Waals surface area contributed by atoms with Crippen molar-refractivity contribution >= 4 is 5.69 Å². The maximum atomic E-state index is 13.3. The van der Waals surface area contributed by atoms with Crippen molar-refractivity contribution in [2.24, 2.45) is 0 Å². The minimum atomic E-state index is -0.534. The molecule has 0 saturated heterocycles. The van der Waals surface area contributed by atoms with Crippen molar-refractivity contribution in [1.82, 2.24) is 0 Å². The smallest absolute Gasteiger partial charge is 0.126 e. The van der Waals surface area contributed by atoms with Crippen LogP contribution in [0.2, 0.25) is 0 Å². The van der Waals surface area contributed by atoms with Gasteiger partial charge in [-0.05, 0) is 67.5 Å². The second-order valence-electron chi connectivity index (χ2n) is 5.72. The summed E-state index contributed by atoms with van der Waals surface area (Å²) in [5, 5.41) is 3.41. The monoisotopic (exact) mass is 287 g/mol. The fourth-order valence-corrected chi connectivity index (χ4v) is 3.06. The number of nitrogens with one attached hydrogen (secondary N) is 1. The summed E-state index contributed by atoms with van der Waals surface area (Å²) in [5.41, 5.74) is 4.46. The van der Waals surface area contributed by atoms with Crippen LogP contribution in [-0.2, 0) is 12.8 Å². The number of hydrogen-bond acceptors (Lipinski definition) is 1. The van der Waals surface area contributed by atoms with Crippen molar-refractivity contribution in [3.05, 3.63) is 64.7 Å². The lowest BCUT2D eigenvalue weighted by Gasteiger charge is -2.23. The Labute approximate surface area is 124 Å². The van der Waals surface area contributed by atoms with Crippen LogP contribution in [0.4, 0.5) is 14.5 Å². The molecule has 0 aliphatic heterocycles. The van der Waals surface area contributed by atoms with Crippen LogP contribution in [0.1, 0.15) is 42.5 Å². The number of anilines is 1. The number of benzene rings is 2. The maximum Gasteiger partial charge on any atom is 0.126 e. The molecule has 3 rings (SSSR count). The van der Waals surface area contributed by atoms with E-state index in [-0.39, 0.29) is 6.04 Å². The number of fused-ring (bicyclic) bond motifs is 1. The number of aryl methyl sites for hydroxylation is 1. The van der Waals surface area contributed by atoms with Crippen LogP contribution in [0.15, 0.2) is 36.4 Å². The highest BCUT2D eigenvalue weighted by atomic mass is 19.1. The van der Waals surface area contributed by atoms with Gasteiger partial charge >= 0.3 is 0 Å². The van der Waals surface area contributed by atoms with Gasteiger partial charge in [-0.25, -0.2) is 8.78 Å². The van der Waals surface area contributed by atoms with Crippen LogP contribution in [0, 0.1) is 11.6 Å². The van der Waals surface area contributed by atoms with E-state index < -0.39 is 11.6 Å². The van der Waals surface area contributed by atoms with Crippen molar-refractivity contribution in [3.63, 3.8) is 0 Å². The van der Waals surface area contributed by atoms with Crippen LogP contribution >= 0.6 is 0 Å². The molecule has 1 N–H and O–H groups in total. The van der Waals surface area contributed by atoms with Gasteiger partial charge in [-0.1, -0.05) is 12.1 Å². The summed E-state index contributed by atoms with van der Waals surface area (Å²) in [6, 6.07) is 9.81. The molecule has 110 valence electrons. The summed E-state index contributed by atoms with van der Waals surface area (Å²) in [5.74, 6) is -1.07. The highest BCUT2D eigenvalue weighted by Crippen LogP contribution is 2.30. The minimum absolute atomic E-state index is 0.136. The summed E-state index contributed by atoms with van der Waals surface area (Å²) in [7, 11) is 0. The van der Waals surface area contributed by atoms with E-state index in [1.807, 2.05) is 13.0 Å². The first kappa shape index (κ1) is 14.1. The van der Waals surface area contributed by atoms with E-state index in [0.717, 1.165) is 24.6 Å². The molecule has 0 aromatic heterocycles. The van der Waals surface area contributed by atoms with Crippen molar-refractivity contribution in [2.75, 3.05) is 5.32 Å². The molecule has 0 saturated carbocycles. The largest absolute Gasteiger partial charge is 0.378 e. The van der Waals surface area contributed by atoms with Crippen molar-refractivity contribution < 1.29 is 8.78 Å². The minimum Gasteiger partial charge on any atom is -0.378 e. The Morgan fingerprint density at radius 1 is 1.00 bits per heavy atom. The Morgan fingerprint density at radius 2 is 1.71 bits per heavy atom. The molecule has 1 atom stereocenters. The molecule has 0 spiro atoms. The normalized spacial score (nSPS) is 15.4. The van der Waals surface area contributed by atoms with Crippen LogP contribution in [-0.4, -0.2) is 0 Å². The number of rotatable bonds is 3. The van der Waals surface area contributed by atoms with Gasteiger partial charge in [0.2, 0.25) is 0 Å². The second-order valence-corrected chi connectivity index (χ2v) is 5.72. The van der Waals surface area contributed by atoms with Gasteiger partial charge in [0, 0.05) is 17.8 Å². The van der Waals surface area contributed by atoms with E-state index in [0.29, 0.717) is 5.56 Å². The predicted molar refractivity (Wildman–Crippen MR) is 81.5 cm³/mol. The second kappa shape index (κ2) is 5.84. The molecule has 1 unspecified atom stereocenters. The first-order valence-corrected chi connectivity index (χ1v) is 7.47. The van der Waals surface area contributed by atoms with Gasteiger partial charge in [-0.15, -0.1) is 0 Å². The Bertz CT molecular complexity index is 631. The van der Waals surface area contributed by atoms with Crippen LogP contribution in [0.5, 0.6) is 0 Å². The highest BCUT2D eigenvalue weighted by Gasteiger charge is 2.15. The van der Waals surface area contributed by atoms with Crippen LogP contribution in [0.25, 0.3) is 0 Å². The first-order valence-electron chi connectivity index (χ1n) is 7.47. The summed E-state index contributed by atoms with van der Waals surface area (Å²) in [6.45, 7) is 1.93. The van der Waals surface area contributed by atoms with Gasteiger partial charge in [0.25, 0.3) is 0 Å². The summed E-state index contributed by atoms with van der Waals surface area (Å²) in [4.78, 5) is 0. The molecular weight excluding hydrogens is 268 g/mol. The molecule has 2 aromatic rings. The van der Waals surface area contributed by atoms with E-state index >= 15 is 0 Å². The van der Waals surface area contributed by atoms with Gasteiger partial charge in [0.05, 0.1) is 0 Å². The Hall–Kier alpha value is -1.90. The topological polar surface area (TPSA) is 12.0 Å².